The molecule has 0 aliphatic rings. The maximum absolute atomic E-state index is 13.0. The fourth-order valence-corrected chi connectivity index (χ4v) is 4.09. The molecular weight excluding hydrogens is 490 g/mol. The second kappa shape index (κ2) is 9.74. The van der Waals surface area contributed by atoms with E-state index < -0.39 is 21.7 Å². The predicted octanol–water partition coefficient (Wildman–Crippen LogP) is 5.60. The summed E-state index contributed by atoms with van der Waals surface area (Å²) in [5, 5.41) is 3.21. The topological polar surface area (TPSA) is 84.5 Å². The normalized spacial score (nSPS) is 11.1. The molecule has 6 nitrogen and oxygen atoms in total. The average Bonchev–Trinajstić information content (AvgIpc) is 2.71. The SMILES string of the molecule is O=C(COc1ccc(S(=O)(=O)Nc2ccc(F)cc2)cc1Cl)Nc1ccc(Cl)c(Cl)c1. The fraction of sp³-hybridized carbons (Fsp3) is 0.0500. The van der Waals surface area contributed by atoms with Gasteiger partial charge in [0.05, 0.1) is 20.0 Å². The average molecular weight is 504 g/mol. The molecule has 2 N–H and O–H groups in total. The molecule has 0 aromatic heterocycles. The number of halogens is 4. The summed E-state index contributed by atoms with van der Waals surface area (Å²) in [7, 11) is -3.96. The zero-order valence-electron chi connectivity index (χ0n) is 15.5. The van der Waals surface area contributed by atoms with Crippen molar-refractivity contribution in [2.24, 2.45) is 0 Å². The lowest BCUT2D eigenvalue weighted by molar-refractivity contribution is -0.118. The van der Waals surface area contributed by atoms with Crippen LogP contribution in [0.4, 0.5) is 15.8 Å². The van der Waals surface area contributed by atoms with E-state index >= 15 is 0 Å². The number of carbonyl (C=O) groups excluding carboxylic acids is 1. The molecule has 3 aromatic carbocycles. The third-order valence-electron chi connectivity index (χ3n) is 3.87. The second-order valence-corrected chi connectivity index (χ2v) is 9.07. The molecule has 0 aliphatic carbocycles. The lowest BCUT2D eigenvalue weighted by Crippen LogP contribution is -2.20. The van der Waals surface area contributed by atoms with Crippen molar-refractivity contribution in [3.05, 3.63) is 81.5 Å². The van der Waals surface area contributed by atoms with E-state index in [0.717, 1.165) is 12.1 Å². The van der Waals surface area contributed by atoms with Crippen LogP contribution in [0.1, 0.15) is 0 Å². The Bertz CT molecular complexity index is 1220. The number of hydrogen-bond acceptors (Lipinski definition) is 4. The third kappa shape index (κ3) is 6.24. The van der Waals surface area contributed by atoms with E-state index in [1.807, 2.05) is 0 Å². The molecule has 0 fully saturated rings. The highest BCUT2D eigenvalue weighted by Gasteiger charge is 2.17. The fourth-order valence-electron chi connectivity index (χ4n) is 2.41. The van der Waals surface area contributed by atoms with Gasteiger partial charge in [0.15, 0.2) is 6.61 Å². The van der Waals surface area contributed by atoms with Crippen LogP contribution >= 0.6 is 34.8 Å². The molecule has 0 heterocycles. The number of carbonyl (C=O) groups is 1. The Balaban J connectivity index is 1.64. The van der Waals surface area contributed by atoms with Crippen molar-refractivity contribution >= 4 is 62.1 Å². The standard InChI is InChI=1S/C20H14Cl3FN2O4S/c21-16-7-5-14(9-17(16)22)25-20(27)11-30-19-8-6-15(10-18(19)23)31(28,29)26-13-3-1-12(24)2-4-13/h1-10,26H,11H2,(H,25,27). The van der Waals surface area contributed by atoms with Crippen LogP contribution in [0.2, 0.25) is 15.1 Å². The van der Waals surface area contributed by atoms with Crippen LogP contribution < -0.4 is 14.8 Å². The molecule has 0 bridgehead atoms. The van der Waals surface area contributed by atoms with Crippen LogP contribution in [-0.2, 0) is 14.8 Å². The number of anilines is 2. The summed E-state index contributed by atoms with van der Waals surface area (Å²) < 4.78 is 45.6. The number of ether oxygens (including phenoxy) is 1. The summed E-state index contributed by atoms with van der Waals surface area (Å²) in [6, 6.07) is 13.2. The highest BCUT2D eigenvalue weighted by atomic mass is 35.5. The summed E-state index contributed by atoms with van der Waals surface area (Å²) >= 11 is 17.8. The molecule has 31 heavy (non-hydrogen) atoms. The number of hydrogen-bond donors (Lipinski definition) is 2. The monoisotopic (exact) mass is 502 g/mol. The molecule has 3 aromatic rings. The number of benzene rings is 3. The third-order valence-corrected chi connectivity index (χ3v) is 6.29. The first-order valence-electron chi connectivity index (χ1n) is 8.60. The van der Waals surface area contributed by atoms with Gasteiger partial charge in [-0.1, -0.05) is 34.8 Å². The minimum atomic E-state index is -3.96. The van der Waals surface area contributed by atoms with Crippen LogP contribution in [-0.4, -0.2) is 20.9 Å². The van der Waals surface area contributed by atoms with Crippen molar-refractivity contribution in [2.75, 3.05) is 16.6 Å². The van der Waals surface area contributed by atoms with Crippen molar-refractivity contribution in [1.29, 1.82) is 0 Å². The van der Waals surface area contributed by atoms with Gasteiger partial charge < -0.3 is 10.1 Å². The molecule has 0 saturated heterocycles. The first kappa shape index (κ1) is 23.1. The predicted molar refractivity (Wildman–Crippen MR) is 119 cm³/mol. The Kier molecular flexibility index (Phi) is 7.27. The summed E-state index contributed by atoms with van der Waals surface area (Å²) in [5.41, 5.74) is 0.624. The Morgan fingerprint density at radius 1 is 0.871 bits per heavy atom. The largest absolute Gasteiger partial charge is 0.482 e. The van der Waals surface area contributed by atoms with Gasteiger partial charge in [-0.05, 0) is 60.7 Å². The number of nitrogens with one attached hydrogen (secondary N) is 2. The van der Waals surface area contributed by atoms with Gasteiger partial charge >= 0.3 is 0 Å². The van der Waals surface area contributed by atoms with E-state index in [1.54, 1.807) is 6.07 Å². The Labute approximate surface area is 192 Å². The summed E-state index contributed by atoms with van der Waals surface area (Å²) in [5.74, 6) is -0.855. The van der Waals surface area contributed by atoms with Gasteiger partial charge in [-0.2, -0.15) is 0 Å². The van der Waals surface area contributed by atoms with E-state index in [-0.39, 0.29) is 33.0 Å². The second-order valence-electron chi connectivity index (χ2n) is 6.17. The Hall–Kier alpha value is -2.52. The molecule has 0 unspecified atom stereocenters. The lowest BCUT2D eigenvalue weighted by Gasteiger charge is -2.12. The van der Waals surface area contributed by atoms with E-state index in [2.05, 4.69) is 10.0 Å². The first-order valence-corrected chi connectivity index (χ1v) is 11.2. The Morgan fingerprint density at radius 3 is 2.19 bits per heavy atom. The quantitative estimate of drug-likeness (QED) is 0.439. The summed E-state index contributed by atoms with van der Waals surface area (Å²) in [4.78, 5) is 11.9. The maximum atomic E-state index is 13.0. The van der Waals surface area contributed by atoms with Gasteiger partial charge in [0, 0.05) is 11.4 Å². The molecule has 3 rings (SSSR count). The van der Waals surface area contributed by atoms with E-state index in [4.69, 9.17) is 39.5 Å². The summed E-state index contributed by atoms with van der Waals surface area (Å²) in [6.07, 6.45) is 0. The minimum Gasteiger partial charge on any atom is -0.482 e. The molecule has 0 spiro atoms. The number of sulfonamides is 1. The molecule has 0 atom stereocenters. The van der Waals surface area contributed by atoms with Gasteiger partial charge in [0.2, 0.25) is 0 Å². The van der Waals surface area contributed by atoms with Gasteiger partial charge in [-0.3, -0.25) is 9.52 Å². The lowest BCUT2D eigenvalue weighted by atomic mass is 10.3. The van der Waals surface area contributed by atoms with Crippen molar-refractivity contribution in [1.82, 2.24) is 0 Å². The van der Waals surface area contributed by atoms with E-state index in [9.17, 15) is 17.6 Å². The zero-order chi connectivity index (χ0) is 22.6. The minimum absolute atomic E-state index is 0.00989. The molecule has 162 valence electrons. The molecule has 1 amide bonds. The molecule has 0 saturated carbocycles. The number of amides is 1. The number of rotatable bonds is 7. The van der Waals surface area contributed by atoms with Gasteiger partial charge in [-0.15, -0.1) is 0 Å². The van der Waals surface area contributed by atoms with Crippen LogP contribution in [0.15, 0.2) is 65.6 Å². The molecular formula is C20H14Cl3FN2O4S. The highest BCUT2D eigenvalue weighted by Crippen LogP contribution is 2.29. The first-order chi connectivity index (χ1) is 14.6. The molecule has 0 radical (unpaired) electrons. The Morgan fingerprint density at radius 2 is 1.55 bits per heavy atom. The van der Waals surface area contributed by atoms with Crippen LogP contribution in [0.25, 0.3) is 0 Å². The maximum Gasteiger partial charge on any atom is 0.262 e. The van der Waals surface area contributed by atoms with Crippen LogP contribution in [0.3, 0.4) is 0 Å². The van der Waals surface area contributed by atoms with Crippen molar-refractivity contribution in [3.8, 4) is 5.75 Å². The van der Waals surface area contributed by atoms with Gasteiger partial charge in [0.1, 0.15) is 11.6 Å². The van der Waals surface area contributed by atoms with Gasteiger partial charge in [0.25, 0.3) is 15.9 Å². The van der Waals surface area contributed by atoms with Crippen LogP contribution in [0, 0.1) is 5.82 Å². The molecule has 11 heteroatoms. The van der Waals surface area contributed by atoms with Gasteiger partial charge in [-0.25, -0.2) is 12.8 Å². The zero-order valence-corrected chi connectivity index (χ0v) is 18.6. The smallest absolute Gasteiger partial charge is 0.262 e. The van der Waals surface area contributed by atoms with Crippen molar-refractivity contribution in [3.63, 3.8) is 0 Å². The van der Waals surface area contributed by atoms with Crippen LogP contribution in [0.5, 0.6) is 5.75 Å². The molecule has 0 aliphatic heterocycles. The van der Waals surface area contributed by atoms with Crippen molar-refractivity contribution < 1.29 is 22.3 Å². The van der Waals surface area contributed by atoms with E-state index in [0.29, 0.717) is 10.7 Å². The summed E-state index contributed by atoms with van der Waals surface area (Å²) in [6.45, 7) is -0.375. The van der Waals surface area contributed by atoms with Crippen molar-refractivity contribution in [2.45, 2.75) is 4.90 Å². The van der Waals surface area contributed by atoms with E-state index in [1.165, 1.54) is 42.5 Å². The highest BCUT2D eigenvalue weighted by molar-refractivity contribution is 7.92.